The lowest BCUT2D eigenvalue weighted by Gasteiger charge is -2.09. The molecule has 2 aliphatic rings. The zero-order valence-corrected chi connectivity index (χ0v) is 8.02. The van der Waals surface area contributed by atoms with E-state index in [2.05, 4.69) is 5.16 Å². The predicted molar refractivity (Wildman–Crippen MR) is 52.0 cm³/mol. The normalized spacial score (nSPS) is 28.5. The van der Waals surface area contributed by atoms with Crippen LogP contribution in [0.1, 0.15) is 11.7 Å². The first-order valence-electron chi connectivity index (χ1n) is 4.91. The minimum absolute atomic E-state index is 0.155. The molecule has 0 saturated carbocycles. The van der Waals surface area contributed by atoms with E-state index >= 15 is 0 Å². The van der Waals surface area contributed by atoms with Gasteiger partial charge in [-0.05, 0) is 17.7 Å². The summed E-state index contributed by atoms with van der Waals surface area (Å²) < 4.78 is 18.4. The molecule has 1 saturated heterocycles. The molecule has 0 aromatic heterocycles. The van der Waals surface area contributed by atoms with E-state index in [1.807, 2.05) is 0 Å². The van der Waals surface area contributed by atoms with Gasteiger partial charge in [-0.1, -0.05) is 17.3 Å². The molecule has 0 radical (unpaired) electrons. The van der Waals surface area contributed by atoms with Gasteiger partial charge in [0.2, 0.25) is 0 Å². The highest BCUT2D eigenvalue weighted by Gasteiger charge is 2.38. The molecule has 1 aromatic carbocycles. The molecule has 0 N–H and O–H groups in total. The summed E-state index contributed by atoms with van der Waals surface area (Å²) in [7, 11) is 0. The van der Waals surface area contributed by atoms with Crippen molar-refractivity contribution in [1.29, 1.82) is 0 Å². The third-order valence-electron chi connectivity index (χ3n) is 2.77. The molecule has 0 amide bonds. The lowest BCUT2D eigenvalue weighted by atomic mass is 9.99. The zero-order chi connectivity index (χ0) is 10.3. The highest BCUT2D eigenvalue weighted by Crippen LogP contribution is 2.33. The Balaban J connectivity index is 1.91. The first-order chi connectivity index (χ1) is 7.34. The molecule has 2 heterocycles. The van der Waals surface area contributed by atoms with E-state index in [0.29, 0.717) is 13.2 Å². The van der Waals surface area contributed by atoms with Crippen LogP contribution in [0.2, 0.25) is 0 Å². The molecule has 0 bridgehead atoms. The average Bonchev–Trinajstić information content (AvgIpc) is 2.80. The number of nitrogens with zero attached hydrogens (tertiary/aromatic N) is 1. The van der Waals surface area contributed by atoms with Gasteiger partial charge >= 0.3 is 0 Å². The molecular weight excluding hydrogens is 197 g/mol. The summed E-state index contributed by atoms with van der Waals surface area (Å²) >= 11 is 0. The standard InChI is InChI=1S/C11H10FNO2/c12-9-3-1-7(2-4-9)11-10-8(5-14-11)6-15-13-10/h1-4,8,11H,5-6H2/t8-,11+/m0/s1. The van der Waals surface area contributed by atoms with Crippen molar-refractivity contribution in [3.63, 3.8) is 0 Å². The van der Waals surface area contributed by atoms with Gasteiger partial charge in [-0.15, -0.1) is 0 Å². The molecular formula is C11H10FNO2. The first kappa shape index (κ1) is 8.85. The van der Waals surface area contributed by atoms with Crippen LogP contribution in [0.3, 0.4) is 0 Å². The first-order valence-corrected chi connectivity index (χ1v) is 4.91. The van der Waals surface area contributed by atoms with E-state index in [0.717, 1.165) is 11.3 Å². The van der Waals surface area contributed by atoms with Gasteiger partial charge in [0, 0.05) is 0 Å². The molecule has 3 rings (SSSR count). The second-order valence-electron chi connectivity index (χ2n) is 3.77. The highest BCUT2D eigenvalue weighted by atomic mass is 19.1. The third kappa shape index (κ3) is 1.41. The Labute approximate surface area is 86.5 Å². The fourth-order valence-electron chi connectivity index (χ4n) is 1.96. The fourth-order valence-corrected chi connectivity index (χ4v) is 1.96. The average molecular weight is 207 g/mol. The summed E-state index contributed by atoms with van der Waals surface area (Å²) in [5, 5.41) is 3.98. The molecule has 0 spiro atoms. The van der Waals surface area contributed by atoms with Crippen molar-refractivity contribution in [3.05, 3.63) is 35.6 Å². The number of hydrogen-bond acceptors (Lipinski definition) is 3. The van der Waals surface area contributed by atoms with Crippen LogP contribution < -0.4 is 0 Å². The van der Waals surface area contributed by atoms with E-state index < -0.39 is 0 Å². The SMILES string of the molecule is Fc1ccc([C@H]2OC[C@H]3CON=C32)cc1. The van der Waals surface area contributed by atoms with Crippen LogP contribution in [0.5, 0.6) is 0 Å². The van der Waals surface area contributed by atoms with Gasteiger partial charge in [-0.3, -0.25) is 0 Å². The number of halogens is 1. The molecule has 2 atom stereocenters. The lowest BCUT2D eigenvalue weighted by molar-refractivity contribution is 0.0792. The Morgan fingerprint density at radius 3 is 2.80 bits per heavy atom. The van der Waals surface area contributed by atoms with Crippen LogP contribution in [0.25, 0.3) is 0 Å². The maximum atomic E-state index is 12.7. The van der Waals surface area contributed by atoms with Gasteiger partial charge in [0.25, 0.3) is 0 Å². The lowest BCUT2D eigenvalue weighted by Crippen LogP contribution is -2.12. The maximum absolute atomic E-state index is 12.7. The van der Waals surface area contributed by atoms with Crippen molar-refractivity contribution in [2.24, 2.45) is 11.1 Å². The topological polar surface area (TPSA) is 30.8 Å². The van der Waals surface area contributed by atoms with Gasteiger partial charge in [0.05, 0.1) is 18.2 Å². The number of benzene rings is 1. The predicted octanol–water partition coefficient (Wildman–Crippen LogP) is 1.90. The second kappa shape index (κ2) is 3.31. The summed E-state index contributed by atoms with van der Waals surface area (Å²) in [5.41, 5.74) is 1.87. The summed E-state index contributed by atoms with van der Waals surface area (Å²) in [4.78, 5) is 5.02. The number of rotatable bonds is 1. The number of oxime groups is 1. The highest BCUT2D eigenvalue weighted by molar-refractivity contribution is 5.93. The molecule has 0 unspecified atom stereocenters. The Bertz CT molecular complexity index is 402. The largest absolute Gasteiger partial charge is 0.395 e. The summed E-state index contributed by atoms with van der Waals surface area (Å²) in [6.45, 7) is 1.24. The van der Waals surface area contributed by atoms with Crippen molar-refractivity contribution in [3.8, 4) is 0 Å². The molecule has 15 heavy (non-hydrogen) atoms. The van der Waals surface area contributed by atoms with Crippen LogP contribution in [-0.4, -0.2) is 18.9 Å². The monoisotopic (exact) mass is 207 g/mol. The van der Waals surface area contributed by atoms with Crippen molar-refractivity contribution in [2.45, 2.75) is 6.10 Å². The molecule has 78 valence electrons. The van der Waals surface area contributed by atoms with E-state index in [9.17, 15) is 4.39 Å². The summed E-state index contributed by atoms with van der Waals surface area (Å²) in [5.74, 6) is 0.0398. The van der Waals surface area contributed by atoms with Crippen LogP contribution in [-0.2, 0) is 9.57 Å². The van der Waals surface area contributed by atoms with Gasteiger partial charge in [0.15, 0.2) is 0 Å². The van der Waals surface area contributed by atoms with Crippen LogP contribution >= 0.6 is 0 Å². The van der Waals surface area contributed by atoms with Gasteiger partial charge in [-0.25, -0.2) is 4.39 Å². The van der Waals surface area contributed by atoms with Crippen molar-refractivity contribution in [1.82, 2.24) is 0 Å². The van der Waals surface area contributed by atoms with Crippen molar-refractivity contribution >= 4 is 5.71 Å². The van der Waals surface area contributed by atoms with Crippen molar-refractivity contribution in [2.75, 3.05) is 13.2 Å². The fraction of sp³-hybridized carbons (Fsp3) is 0.364. The Morgan fingerprint density at radius 2 is 2.00 bits per heavy atom. The number of ether oxygens (including phenoxy) is 1. The molecule has 1 aromatic rings. The summed E-state index contributed by atoms with van der Waals surface area (Å²) in [6, 6.07) is 6.32. The zero-order valence-electron chi connectivity index (χ0n) is 8.02. The number of hydrogen-bond donors (Lipinski definition) is 0. The minimum Gasteiger partial charge on any atom is -0.395 e. The maximum Gasteiger partial charge on any atom is 0.127 e. The van der Waals surface area contributed by atoms with Crippen molar-refractivity contribution < 1.29 is 14.0 Å². The minimum atomic E-state index is -0.238. The van der Waals surface area contributed by atoms with E-state index in [1.165, 1.54) is 12.1 Å². The Morgan fingerprint density at radius 1 is 1.20 bits per heavy atom. The third-order valence-corrected chi connectivity index (χ3v) is 2.77. The van der Waals surface area contributed by atoms with Gasteiger partial charge in [0.1, 0.15) is 18.5 Å². The molecule has 3 nitrogen and oxygen atoms in total. The molecule has 0 aliphatic carbocycles. The Kier molecular flexibility index (Phi) is 1.95. The van der Waals surface area contributed by atoms with E-state index in [-0.39, 0.29) is 17.8 Å². The summed E-state index contributed by atoms with van der Waals surface area (Å²) in [6.07, 6.45) is -0.155. The van der Waals surface area contributed by atoms with Gasteiger partial charge in [-0.2, -0.15) is 0 Å². The quantitative estimate of drug-likeness (QED) is 0.704. The molecule has 2 aliphatic heterocycles. The Hall–Kier alpha value is -1.42. The van der Waals surface area contributed by atoms with Crippen LogP contribution in [0.4, 0.5) is 4.39 Å². The number of fused-ring (bicyclic) bond motifs is 1. The van der Waals surface area contributed by atoms with E-state index in [1.54, 1.807) is 12.1 Å². The van der Waals surface area contributed by atoms with Crippen LogP contribution in [0, 0.1) is 11.7 Å². The molecule has 4 heteroatoms. The van der Waals surface area contributed by atoms with Gasteiger partial charge < -0.3 is 9.57 Å². The van der Waals surface area contributed by atoms with Crippen LogP contribution in [0.15, 0.2) is 29.4 Å². The second-order valence-corrected chi connectivity index (χ2v) is 3.77. The molecule has 1 fully saturated rings. The van der Waals surface area contributed by atoms with E-state index in [4.69, 9.17) is 9.57 Å². The smallest absolute Gasteiger partial charge is 0.127 e.